The first-order valence-electron chi connectivity index (χ1n) is 5.85. The number of carbonyl (C=O) groups excluding carboxylic acids is 1. The predicted octanol–water partition coefficient (Wildman–Crippen LogP) is 2.31. The maximum Gasteiger partial charge on any atom is 0.383 e. The van der Waals surface area contributed by atoms with Gasteiger partial charge in [0.1, 0.15) is 11.4 Å². The Morgan fingerprint density at radius 1 is 1.15 bits per heavy atom. The lowest BCUT2D eigenvalue weighted by molar-refractivity contribution is -0.320. The van der Waals surface area contributed by atoms with Crippen LogP contribution in [0.25, 0.3) is 0 Å². The Labute approximate surface area is 116 Å². The van der Waals surface area contributed by atoms with Crippen LogP contribution in [0.2, 0.25) is 0 Å². The number of esters is 1. The molecule has 0 heterocycles. The SMILES string of the molecule is CC(C)(C)OOC(=CC(=O)O)C(=O)Oc1ccccc1. The maximum absolute atomic E-state index is 11.8. The van der Waals surface area contributed by atoms with Gasteiger partial charge in [-0.2, -0.15) is 4.89 Å². The van der Waals surface area contributed by atoms with Gasteiger partial charge in [-0.15, -0.1) is 0 Å². The molecule has 6 nitrogen and oxygen atoms in total. The van der Waals surface area contributed by atoms with Crippen molar-refractivity contribution in [2.75, 3.05) is 0 Å². The second-order valence-electron chi connectivity index (χ2n) is 4.83. The zero-order chi connectivity index (χ0) is 15.2. The molecule has 0 spiro atoms. The molecule has 1 N–H and O–H groups in total. The molecule has 1 aromatic carbocycles. The van der Waals surface area contributed by atoms with Crippen LogP contribution in [0.3, 0.4) is 0 Å². The van der Waals surface area contributed by atoms with E-state index in [9.17, 15) is 9.59 Å². The van der Waals surface area contributed by atoms with Crippen molar-refractivity contribution in [2.24, 2.45) is 0 Å². The number of hydrogen-bond acceptors (Lipinski definition) is 5. The van der Waals surface area contributed by atoms with Gasteiger partial charge in [-0.25, -0.2) is 9.59 Å². The van der Waals surface area contributed by atoms with E-state index in [0.29, 0.717) is 6.08 Å². The molecule has 0 aliphatic rings. The molecule has 0 amide bonds. The average molecular weight is 280 g/mol. The van der Waals surface area contributed by atoms with Crippen molar-refractivity contribution < 1.29 is 29.2 Å². The van der Waals surface area contributed by atoms with E-state index in [1.807, 2.05) is 0 Å². The highest BCUT2D eigenvalue weighted by molar-refractivity contribution is 5.94. The van der Waals surface area contributed by atoms with Gasteiger partial charge in [0.15, 0.2) is 0 Å². The second kappa shape index (κ2) is 6.72. The molecule has 20 heavy (non-hydrogen) atoms. The quantitative estimate of drug-likeness (QED) is 0.222. The Hall–Kier alpha value is -2.34. The lowest BCUT2D eigenvalue weighted by Gasteiger charge is -2.18. The Kier molecular flexibility index (Phi) is 5.28. The molecule has 1 rings (SSSR count). The zero-order valence-electron chi connectivity index (χ0n) is 11.5. The van der Waals surface area contributed by atoms with Gasteiger partial charge in [0.05, 0.1) is 6.08 Å². The third kappa shape index (κ3) is 6.01. The number of carboxylic acid groups (broad SMARTS) is 1. The van der Waals surface area contributed by atoms with E-state index in [0.717, 1.165) is 0 Å². The summed E-state index contributed by atoms with van der Waals surface area (Å²) in [5.74, 6) is -2.57. The summed E-state index contributed by atoms with van der Waals surface area (Å²) >= 11 is 0. The van der Waals surface area contributed by atoms with Gasteiger partial charge >= 0.3 is 11.9 Å². The van der Waals surface area contributed by atoms with Gasteiger partial charge < -0.3 is 14.7 Å². The number of aliphatic carboxylic acids is 1. The Morgan fingerprint density at radius 2 is 1.75 bits per heavy atom. The molecule has 108 valence electrons. The zero-order valence-corrected chi connectivity index (χ0v) is 11.5. The molecule has 0 aliphatic heterocycles. The molecule has 0 fully saturated rings. The molecule has 0 saturated heterocycles. The molecule has 0 radical (unpaired) electrons. The summed E-state index contributed by atoms with van der Waals surface area (Å²) < 4.78 is 4.97. The minimum atomic E-state index is -1.34. The van der Waals surface area contributed by atoms with Crippen LogP contribution in [0.4, 0.5) is 0 Å². The summed E-state index contributed by atoms with van der Waals surface area (Å²) in [6.45, 7) is 5.07. The first kappa shape index (κ1) is 15.7. The highest BCUT2D eigenvalue weighted by Crippen LogP contribution is 2.15. The number of carbonyl (C=O) groups is 2. The fourth-order valence-electron chi connectivity index (χ4n) is 1.04. The number of benzene rings is 1. The van der Waals surface area contributed by atoms with E-state index in [1.54, 1.807) is 51.1 Å². The van der Waals surface area contributed by atoms with Crippen molar-refractivity contribution in [2.45, 2.75) is 26.4 Å². The van der Waals surface area contributed by atoms with Crippen LogP contribution in [0.1, 0.15) is 20.8 Å². The standard InChI is InChI=1S/C14H16O6/c1-14(2,3)20-19-11(9-12(15)16)13(17)18-10-7-5-4-6-8-10/h4-9H,1-3H3,(H,15,16). The van der Waals surface area contributed by atoms with Crippen LogP contribution >= 0.6 is 0 Å². The first-order valence-corrected chi connectivity index (χ1v) is 5.85. The van der Waals surface area contributed by atoms with Crippen LogP contribution in [0, 0.1) is 0 Å². The van der Waals surface area contributed by atoms with Crippen molar-refractivity contribution in [3.05, 3.63) is 42.2 Å². The van der Waals surface area contributed by atoms with Crippen molar-refractivity contribution in [3.63, 3.8) is 0 Å². The molecule has 0 aliphatic carbocycles. The molecule has 0 unspecified atom stereocenters. The number of para-hydroxylation sites is 1. The Bertz CT molecular complexity index is 498. The third-order valence-corrected chi connectivity index (χ3v) is 1.79. The van der Waals surface area contributed by atoms with E-state index in [4.69, 9.17) is 19.6 Å². The van der Waals surface area contributed by atoms with Crippen LogP contribution in [-0.4, -0.2) is 22.6 Å². The lowest BCUT2D eigenvalue weighted by atomic mass is 10.2. The normalized spacial score (nSPS) is 11.8. The highest BCUT2D eigenvalue weighted by atomic mass is 17.2. The van der Waals surface area contributed by atoms with Crippen molar-refractivity contribution >= 4 is 11.9 Å². The molecular weight excluding hydrogens is 264 g/mol. The van der Waals surface area contributed by atoms with Crippen LogP contribution in [0.15, 0.2) is 42.2 Å². The Morgan fingerprint density at radius 3 is 2.25 bits per heavy atom. The molecule has 0 saturated carbocycles. The number of hydrogen-bond donors (Lipinski definition) is 1. The summed E-state index contributed by atoms with van der Waals surface area (Å²) in [6, 6.07) is 8.22. The molecule has 0 aromatic heterocycles. The minimum absolute atomic E-state index is 0.271. The summed E-state index contributed by atoms with van der Waals surface area (Å²) in [5, 5.41) is 8.71. The lowest BCUT2D eigenvalue weighted by Crippen LogP contribution is -2.23. The van der Waals surface area contributed by atoms with Gasteiger partial charge in [0, 0.05) is 0 Å². The first-order chi connectivity index (χ1) is 9.28. The molecular formula is C14H16O6. The summed E-state index contributed by atoms with van der Waals surface area (Å²) in [4.78, 5) is 32.2. The third-order valence-electron chi connectivity index (χ3n) is 1.79. The average Bonchev–Trinajstić information content (AvgIpc) is 2.34. The smallest absolute Gasteiger partial charge is 0.383 e. The van der Waals surface area contributed by atoms with Crippen molar-refractivity contribution in [1.29, 1.82) is 0 Å². The van der Waals surface area contributed by atoms with Gasteiger partial charge in [0.2, 0.25) is 0 Å². The predicted molar refractivity (Wildman–Crippen MR) is 69.7 cm³/mol. The van der Waals surface area contributed by atoms with E-state index in [1.165, 1.54) is 0 Å². The number of rotatable bonds is 5. The number of carboxylic acids is 1. The van der Waals surface area contributed by atoms with Crippen molar-refractivity contribution in [3.8, 4) is 5.75 Å². The highest BCUT2D eigenvalue weighted by Gasteiger charge is 2.21. The van der Waals surface area contributed by atoms with Crippen LogP contribution < -0.4 is 4.74 Å². The van der Waals surface area contributed by atoms with Crippen molar-refractivity contribution in [1.82, 2.24) is 0 Å². The monoisotopic (exact) mass is 280 g/mol. The fraction of sp³-hybridized carbons (Fsp3) is 0.286. The second-order valence-corrected chi connectivity index (χ2v) is 4.83. The molecule has 0 atom stereocenters. The maximum atomic E-state index is 11.8. The summed E-state index contributed by atoms with van der Waals surface area (Å²) in [5.41, 5.74) is -0.704. The molecule has 0 bridgehead atoms. The van der Waals surface area contributed by atoms with Gasteiger partial charge in [-0.3, -0.25) is 0 Å². The van der Waals surface area contributed by atoms with Crippen LogP contribution in [0.5, 0.6) is 5.75 Å². The topological polar surface area (TPSA) is 82.1 Å². The van der Waals surface area contributed by atoms with E-state index in [2.05, 4.69) is 0 Å². The van der Waals surface area contributed by atoms with E-state index < -0.39 is 23.3 Å². The molecule has 1 aromatic rings. The summed E-state index contributed by atoms with van der Waals surface area (Å²) in [6.07, 6.45) is 0.580. The fourth-order valence-corrected chi connectivity index (χ4v) is 1.04. The number of ether oxygens (including phenoxy) is 1. The van der Waals surface area contributed by atoms with Crippen LogP contribution in [-0.2, 0) is 19.4 Å². The van der Waals surface area contributed by atoms with Gasteiger partial charge in [-0.1, -0.05) is 18.2 Å². The summed E-state index contributed by atoms with van der Waals surface area (Å²) in [7, 11) is 0. The Balaban J connectivity index is 2.78. The van der Waals surface area contributed by atoms with E-state index in [-0.39, 0.29) is 5.75 Å². The van der Waals surface area contributed by atoms with E-state index >= 15 is 0 Å². The van der Waals surface area contributed by atoms with Gasteiger partial charge in [-0.05, 0) is 32.9 Å². The van der Waals surface area contributed by atoms with Gasteiger partial charge in [0.25, 0.3) is 5.76 Å². The minimum Gasteiger partial charge on any atom is -0.478 e. The molecule has 6 heteroatoms. The largest absolute Gasteiger partial charge is 0.478 e.